The summed E-state index contributed by atoms with van der Waals surface area (Å²) >= 11 is 1.39. The number of nitrogens with one attached hydrogen (secondary N) is 1. The van der Waals surface area contributed by atoms with Gasteiger partial charge in [0.15, 0.2) is 0 Å². The highest BCUT2D eigenvalue weighted by Crippen LogP contribution is 2.39. The van der Waals surface area contributed by atoms with Gasteiger partial charge in [-0.15, -0.1) is 0 Å². The Morgan fingerprint density at radius 2 is 2.11 bits per heavy atom. The third kappa shape index (κ3) is 3.39. The number of benzene rings is 2. The lowest BCUT2D eigenvalue weighted by molar-refractivity contribution is -0.387. The summed E-state index contributed by atoms with van der Waals surface area (Å²) in [7, 11) is 1.87. The van der Waals surface area contributed by atoms with Crippen molar-refractivity contribution in [3.8, 4) is 0 Å². The fourth-order valence-electron chi connectivity index (χ4n) is 2.92. The van der Waals surface area contributed by atoms with E-state index >= 15 is 0 Å². The molecule has 0 bridgehead atoms. The standard InChI is InChI=1S/C19H16N4O3S/c1-20-13-6-7-14-16(10-13)22(12-19-21-8-9-26-19)11-18(14)27-17-5-3-2-4-15(17)23(24)25/h2-11,20H,12H2,1H3. The molecule has 0 radical (unpaired) electrons. The summed E-state index contributed by atoms with van der Waals surface area (Å²) in [6.45, 7) is 0.480. The highest BCUT2D eigenvalue weighted by molar-refractivity contribution is 7.99. The Hall–Kier alpha value is -3.26. The molecule has 4 aromatic rings. The molecular formula is C19H16N4O3S. The van der Waals surface area contributed by atoms with E-state index < -0.39 is 0 Å². The molecule has 4 rings (SSSR count). The summed E-state index contributed by atoms with van der Waals surface area (Å²) in [5, 5.41) is 15.5. The average Bonchev–Trinajstić information content (AvgIpc) is 3.30. The summed E-state index contributed by atoms with van der Waals surface area (Å²) in [5.74, 6) is 0.601. The number of para-hydroxylation sites is 1. The van der Waals surface area contributed by atoms with Crippen molar-refractivity contribution in [3.05, 3.63) is 77.1 Å². The molecule has 7 nitrogen and oxygen atoms in total. The van der Waals surface area contributed by atoms with Crippen molar-refractivity contribution in [1.29, 1.82) is 0 Å². The lowest BCUT2D eigenvalue weighted by Crippen LogP contribution is -1.98. The van der Waals surface area contributed by atoms with Gasteiger partial charge in [0.2, 0.25) is 5.89 Å². The van der Waals surface area contributed by atoms with E-state index in [1.165, 1.54) is 17.8 Å². The number of nitrogens with zero attached hydrogens (tertiary/aromatic N) is 3. The van der Waals surface area contributed by atoms with Crippen molar-refractivity contribution in [1.82, 2.24) is 9.55 Å². The first-order valence-electron chi connectivity index (χ1n) is 8.26. The molecule has 0 saturated carbocycles. The van der Waals surface area contributed by atoms with Gasteiger partial charge in [-0.1, -0.05) is 23.9 Å². The van der Waals surface area contributed by atoms with E-state index in [1.807, 2.05) is 36.0 Å². The molecule has 0 saturated heterocycles. The molecule has 0 unspecified atom stereocenters. The minimum Gasteiger partial charge on any atom is -0.447 e. The predicted octanol–water partition coefficient (Wildman–Crippen LogP) is 4.78. The van der Waals surface area contributed by atoms with Gasteiger partial charge in [0, 0.05) is 35.3 Å². The van der Waals surface area contributed by atoms with Crippen molar-refractivity contribution in [2.75, 3.05) is 12.4 Å². The Morgan fingerprint density at radius 1 is 1.26 bits per heavy atom. The maximum Gasteiger partial charge on any atom is 0.283 e. The number of fused-ring (bicyclic) bond motifs is 1. The maximum absolute atomic E-state index is 11.3. The molecule has 136 valence electrons. The lowest BCUT2D eigenvalue weighted by Gasteiger charge is -2.04. The van der Waals surface area contributed by atoms with Crippen molar-refractivity contribution in [2.24, 2.45) is 0 Å². The summed E-state index contributed by atoms with van der Waals surface area (Å²) in [6, 6.07) is 12.8. The van der Waals surface area contributed by atoms with Crippen LogP contribution in [0.2, 0.25) is 0 Å². The molecule has 2 heterocycles. The quantitative estimate of drug-likeness (QED) is 0.383. The van der Waals surface area contributed by atoms with Crippen LogP contribution in [0.3, 0.4) is 0 Å². The third-order valence-electron chi connectivity index (χ3n) is 4.21. The lowest BCUT2D eigenvalue weighted by atomic mass is 10.2. The number of aromatic nitrogens is 2. The smallest absolute Gasteiger partial charge is 0.283 e. The highest BCUT2D eigenvalue weighted by atomic mass is 32.2. The highest BCUT2D eigenvalue weighted by Gasteiger charge is 2.17. The van der Waals surface area contributed by atoms with Crippen LogP contribution >= 0.6 is 11.8 Å². The SMILES string of the molecule is CNc1ccc2c(Sc3ccccc3[N+](=O)[O-])cn(Cc3ncco3)c2c1. The van der Waals surface area contributed by atoms with Gasteiger partial charge >= 0.3 is 0 Å². The first-order chi connectivity index (χ1) is 13.2. The fourth-order valence-corrected chi connectivity index (χ4v) is 4.01. The summed E-state index contributed by atoms with van der Waals surface area (Å²) in [6.07, 6.45) is 5.14. The van der Waals surface area contributed by atoms with Crippen LogP contribution in [-0.4, -0.2) is 21.5 Å². The van der Waals surface area contributed by atoms with Crippen molar-refractivity contribution in [2.45, 2.75) is 16.3 Å². The second-order valence-corrected chi connectivity index (χ2v) is 6.94. The average molecular weight is 380 g/mol. The molecule has 0 aliphatic rings. The zero-order valence-corrected chi connectivity index (χ0v) is 15.3. The Bertz CT molecular complexity index is 1110. The maximum atomic E-state index is 11.3. The first-order valence-corrected chi connectivity index (χ1v) is 9.07. The number of anilines is 1. The van der Waals surface area contributed by atoms with Gasteiger partial charge in [0.1, 0.15) is 6.26 Å². The molecule has 0 aliphatic heterocycles. The van der Waals surface area contributed by atoms with Gasteiger partial charge in [0.05, 0.1) is 28.1 Å². The van der Waals surface area contributed by atoms with Crippen molar-refractivity contribution < 1.29 is 9.34 Å². The van der Waals surface area contributed by atoms with Crippen LogP contribution in [0.15, 0.2) is 75.3 Å². The van der Waals surface area contributed by atoms with Crippen LogP contribution in [0.4, 0.5) is 11.4 Å². The van der Waals surface area contributed by atoms with Crippen LogP contribution in [0, 0.1) is 10.1 Å². The number of hydrogen-bond acceptors (Lipinski definition) is 6. The normalized spacial score (nSPS) is 11.0. The molecule has 0 atom stereocenters. The van der Waals surface area contributed by atoms with E-state index in [0.717, 1.165) is 21.5 Å². The molecular weight excluding hydrogens is 364 g/mol. The van der Waals surface area contributed by atoms with Crippen LogP contribution in [-0.2, 0) is 6.54 Å². The van der Waals surface area contributed by atoms with Crippen LogP contribution in [0.25, 0.3) is 10.9 Å². The Labute approximate surface area is 159 Å². The van der Waals surface area contributed by atoms with Gasteiger partial charge in [0.25, 0.3) is 5.69 Å². The molecule has 8 heteroatoms. The number of nitro benzene ring substituents is 1. The van der Waals surface area contributed by atoms with Crippen LogP contribution in [0.1, 0.15) is 5.89 Å². The third-order valence-corrected chi connectivity index (χ3v) is 5.32. The molecule has 27 heavy (non-hydrogen) atoms. The van der Waals surface area contributed by atoms with Gasteiger partial charge in [-0.2, -0.15) is 0 Å². The number of hydrogen-bond donors (Lipinski definition) is 1. The number of oxazole rings is 1. The number of rotatable bonds is 6. The van der Waals surface area contributed by atoms with Gasteiger partial charge < -0.3 is 14.3 Å². The summed E-state index contributed by atoms with van der Waals surface area (Å²) in [4.78, 5) is 16.7. The van der Waals surface area contributed by atoms with E-state index in [4.69, 9.17) is 4.42 Å². The molecule has 0 aliphatic carbocycles. The second-order valence-electron chi connectivity index (χ2n) is 5.86. The zero-order chi connectivity index (χ0) is 18.8. The Balaban J connectivity index is 1.80. The van der Waals surface area contributed by atoms with Gasteiger partial charge in [-0.25, -0.2) is 4.98 Å². The monoisotopic (exact) mass is 380 g/mol. The largest absolute Gasteiger partial charge is 0.447 e. The minimum atomic E-state index is -0.354. The molecule has 1 N–H and O–H groups in total. The van der Waals surface area contributed by atoms with Crippen LogP contribution in [0.5, 0.6) is 0 Å². The van der Waals surface area contributed by atoms with Gasteiger partial charge in [-0.3, -0.25) is 10.1 Å². The van der Waals surface area contributed by atoms with Crippen molar-refractivity contribution >= 4 is 34.0 Å². The van der Waals surface area contributed by atoms with Crippen LogP contribution < -0.4 is 5.32 Å². The Kier molecular flexibility index (Phi) is 4.55. The van der Waals surface area contributed by atoms with Crippen molar-refractivity contribution in [3.63, 3.8) is 0 Å². The van der Waals surface area contributed by atoms with E-state index in [-0.39, 0.29) is 10.6 Å². The molecule has 0 spiro atoms. The Morgan fingerprint density at radius 3 is 2.85 bits per heavy atom. The topological polar surface area (TPSA) is 86.1 Å². The molecule has 0 amide bonds. The fraction of sp³-hybridized carbons (Fsp3) is 0.105. The van der Waals surface area contributed by atoms with E-state index in [0.29, 0.717) is 17.3 Å². The zero-order valence-electron chi connectivity index (χ0n) is 14.5. The second kappa shape index (κ2) is 7.16. The molecule has 0 fully saturated rings. The van der Waals surface area contributed by atoms with E-state index in [9.17, 15) is 10.1 Å². The van der Waals surface area contributed by atoms with E-state index in [1.54, 1.807) is 30.7 Å². The molecule has 2 aromatic heterocycles. The first kappa shape index (κ1) is 17.2. The minimum absolute atomic E-state index is 0.1000. The summed E-state index contributed by atoms with van der Waals surface area (Å²) < 4.78 is 7.42. The summed E-state index contributed by atoms with van der Waals surface area (Å²) in [5.41, 5.74) is 2.08. The van der Waals surface area contributed by atoms with Gasteiger partial charge in [-0.05, 0) is 24.3 Å². The van der Waals surface area contributed by atoms with E-state index in [2.05, 4.69) is 10.3 Å². The predicted molar refractivity (Wildman–Crippen MR) is 104 cm³/mol. The molecule has 2 aromatic carbocycles. The number of nitro groups is 1.